The lowest BCUT2D eigenvalue weighted by molar-refractivity contribution is -0.122. The largest absolute Gasteiger partial charge is 0.351 e. The highest BCUT2D eigenvalue weighted by Gasteiger charge is 2.29. The minimum Gasteiger partial charge on any atom is -0.351 e. The third-order valence-corrected chi connectivity index (χ3v) is 5.62. The number of hydrogen-bond donors (Lipinski definition) is 1. The maximum Gasteiger partial charge on any atom is 0.234 e. The molecule has 6 nitrogen and oxygen atoms in total. The Balaban J connectivity index is 1.84. The number of hydrogen-bond acceptors (Lipinski definition) is 5. The van der Waals surface area contributed by atoms with Crippen LogP contribution in [0, 0.1) is 0 Å². The average Bonchev–Trinajstić information content (AvgIpc) is 2.71. The average molecular weight is 366 g/mol. The highest BCUT2D eigenvalue weighted by molar-refractivity contribution is 7.91. The number of carbonyl (C=O) groups excluding carboxylic acids is 1. The lowest BCUT2D eigenvalue weighted by Gasteiger charge is -2.18. The summed E-state index contributed by atoms with van der Waals surface area (Å²) in [5, 5.41) is 3.64. The molecule has 0 bridgehead atoms. The quantitative estimate of drug-likeness (QED) is 0.845. The van der Waals surface area contributed by atoms with Crippen LogP contribution in [0.15, 0.2) is 12.3 Å². The molecular formula is C13H17Cl2N3O3S. The summed E-state index contributed by atoms with van der Waals surface area (Å²) in [5.74, 6) is -0.0554. The van der Waals surface area contributed by atoms with Gasteiger partial charge in [0.1, 0.15) is 0 Å². The topological polar surface area (TPSA) is 79.4 Å². The number of amides is 1. The molecule has 1 aromatic heterocycles. The summed E-state index contributed by atoms with van der Waals surface area (Å²) in [7, 11) is -1.23. The molecule has 0 radical (unpaired) electrons. The third kappa shape index (κ3) is 5.08. The number of aromatic nitrogens is 1. The van der Waals surface area contributed by atoms with Crippen molar-refractivity contribution in [2.45, 2.75) is 19.0 Å². The second-order valence-corrected chi connectivity index (χ2v) is 8.49. The van der Waals surface area contributed by atoms with Crippen LogP contribution in [0.1, 0.15) is 12.1 Å². The van der Waals surface area contributed by atoms with Gasteiger partial charge in [-0.15, -0.1) is 0 Å². The molecule has 1 aromatic rings. The molecular weight excluding hydrogens is 349 g/mol. The van der Waals surface area contributed by atoms with Crippen molar-refractivity contribution in [3.8, 4) is 0 Å². The van der Waals surface area contributed by atoms with Gasteiger partial charge in [-0.3, -0.25) is 14.7 Å². The van der Waals surface area contributed by atoms with Crippen LogP contribution in [0.3, 0.4) is 0 Å². The third-order valence-electron chi connectivity index (χ3n) is 3.31. The monoisotopic (exact) mass is 365 g/mol. The van der Waals surface area contributed by atoms with Gasteiger partial charge in [-0.2, -0.15) is 0 Å². The Labute approximate surface area is 139 Å². The number of nitrogens with zero attached hydrogens (tertiary/aromatic N) is 2. The van der Waals surface area contributed by atoms with E-state index in [-0.39, 0.29) is 30.0 Å². The van der Waals surface area contributed by atoms with E-state index in [0.29, 0.717) is 28.7 Å². The van der Waals surface area contributed by atoms with Crippen molar-refractivity contribution in [1.82, 2.24) is 15.2 Å². The molecule has 1 amide bonds. The molecule has 1 fully saturated rings. The van der Waals surface area contributed by atoms with Crippen LogP contribution in [-0.2, 0) is 21.2 Å². The highest BCUT2D eigenvalue weighted by atomic mass is 35.5. The number of halogens is 2. The van der Waals surface area contributed by atoms with E-state index in [1.54, 1.807) is 18.0 Å². The van der Waals surface area contributed by atoms with Crippen molar-refractivity contribution in [3.63, 3.8) is 0 Å². The van der Waals surface area contributed by atoms with Crippen LogP contribution in [0.4, 0.5) is 0 Å². The Morgan fingerprint density at radius 1 is 1.50 bits per heavy atom. The van der Waals surface area contributed by atoms with Crippen LogP contribution < -0.4 is 5.32 Å². The Morgan fingerprint density at radius 2 is 2.23 bits per heavy atom. The van der Waals surface area contributed by atoms with Gasteiger partial charge in [-0.05, 0) is 19.5 Å². The van der Waals surface area contributed by atoms with Gasteiger partial charge in [-0.1, -0.05) is 23.2 Å². The first-order valence-corrected chi connectivity index (χ1v) is 9.31. The van der Waals surface area contributed by atoms with E-state index in [2.05, 4.69) is 10.3 Å². The van der Waals surface area contributed by atoms with Crippen molar-refractivity contribution in [3.05, 3.63) is 28.0 Å². The van der Waals surface area contributed by atoms with Crippen LogP contribution in [0.25, 0.3) is 0 Å². The van der Waals surface area contributed by atoms with Gasteiger partial charge < -0.3 is 5.32 Å². The number of nitrogens with one attached hydrogen (secondary N) is 1. The molecule has 1 aliphatic rings. The second-order valence-electron chi connectivity index (χ2n) is 5.42. The first-order valence-electron chi connectivity index (χ1n) is 6.73. The molecule has 9 heteroatoms. The predicted molar refractivity (Wildman–Crippen MR) is 85.8 cm³/mol. The minimum absolute atomic E-state index is 0.0209. The van der Waals surface area contributed by atoms with E-state index < -0.39 is 9.84 Å². The molecule has 1 unspecified atom stereocenters. The SMILES string of the molecule is CN(CC(=O)NC1CCS(=O)(=O)C1)Cc1ncc(Cl)cc1Cl. The molecule has 1 atom stereocenters. The Bertz CT molecular complexity index is 666. The number of rotatable bonds is 5. The van der Waals surface area contributed by atoms with Gasteiger partial charge in [0, 0.05) is 18.8 Å². The van der Waals surface area contributed by atoms with E-state index in [1.165, 1.54) is 6.20 Å². The van der Waals surface area contributed by atoms with Crippen molar-refractivity contribution < 1.29 is 13.2 Å². The summed E-state index contributed by atoms with van der Waals surface area (Å²) >= 11 is 11.8. The molecule has 0 aliphatic carbocycles. The fourth-order valence-electron chi connectivity index (χ4n) is 2.30. The van der Waals surface area contributed by atoms with Crippen LogP contribution in [0.5, 0.6) is 0 Å². The van der Waals surface area contributed by atoms with Crippen molar-refractivity contribution >= 4 is 38.9 Å². The number of likely N-dealkylation sites (N-methyl/N-ethyl adjacent to an activating group) is 1. The fraction of sp³-hybridized carbons (Fsp3) is 0.538. The molecule has 22 heavy (non-hydrogen) atoms. The van der Waals surface area contributed by atoms with Crippen molar-refractivity contribution in [1.29, 1.82) is 0 Å². The maximum absolute atomic E-state index is 11.9. The van der Waals surface area contributed by atoms with Gasteiger partial charge in [0.2, 0.25) is 5.91 Å². The molecule has 1 N–H and O–H groups in total. The summed E-state index contributed by atoms with van der Waals surface area (Å²) in [4.78, 5) is 17.8. The fourth-order valence-corrected chi connectivity index (χ4v) is 4.41. The normalized spacial score (nSPS) is 20.3. The van der Waals surface area contributed by atoms with E-state index >= 15 is 0 Å². The first-order chi connectivity index (χ1) is 10.2. The Kier molecular flexibility index (Phi) is 5.65. The van der Waals surface area contributed by atoms with Crippen molar-refractivity contribution in [2.75, 3.05) is 25.1 Å². The summed E-state index contributed by atoms with van der Waals surface area (Å²) in [6.45, 7) is 0.531. The zero-order valence-electron chi connectivity index (χ0n) is 12.1. The highest BCUT2D eigenvalue weighted by Crippen LogP contribution is 2.19. The van der Waals surface area contributed by atoms with Crippen LogP contribution in [-0.4, -0.2) is 55.3 Å². The van der Waals surface area contributed by atoms with Gasteiger partial charge >= 0.3 is 0 Å². The zero-order chi connectivity index (χ0) is 16.3. The Morgan fingerprint density at radius 3 is 2.82 bits per heavy atom. The molecule has 2 heterocycles. The van der Waals surface area contributed by atoms with Gasteiger partial charge in [-0.25, -0.2) is 8.42 Å². The van der Waals surface area contributed by atoms with E-state index in [0.717, 1.165) is 0 Å². The van der Waals surface area contributed by atoms with Crippen LogP contribution in [0.2, 0.25) is 10.0 Å². The second kappa shape index (κ2) is 7.12. The standard InChI is InChI=1S/C13H17Cl2N3O3S/c1-18(6-12-11(15)4-9(14)5-16-12)7-13(19)17-10-2-3-22(20,21)8-10/h4-5,10H,2-3,6-8H2,1H3,(H,17,19). The molecule has 0 spiro atoms. The van der Waals surface area contributed by atoms with E-state index in [9.17, 15) is 13.2 Å². The Hall–Kier alpha value is -0.890. The smallest absolute Gasteiger partial charge is 0.234 e. The summed E-state index contributed by atoms with van der Waals surface area (Å²) in [6, 6.07) is 1.31. The number of sulfone groups is 1. The zero-order valence-corrected chi connectivity index (χ0v) is 14.4. The summed E-state index contributed by atoms with van der Waals surface area (Å²) < 4.78 is 22.7. The minimum atomic E-state index is -3.00. The number of carbonyl (C=O) groups is 1. The van der Waals surface area contributed by atoms with Gasteiger partial charge in [0.15, 0.2) is 9.84 Å². The lowest BCUT2D eigenvalue weighted by atomic mass is 10.2. The lowest BCUT2D eigenvalue weighted by Crippen LogP contribution is -2.41. The molecule has 0 aromatic carbocycles. The molecule has 1 saturated heterocycles. The van der Waals surface area contributed by atoms with E-state index in [1.807, 2.05) is 0 Å². The van der Waals surface area contributed by atoms with Gasteiger partial charge in [0.05, 0.1) is 33.8 Å². The summed E-state index contributed by atoms with van der Waals surface area (Å²) in [6.07, 6.45) is 1.97. The summed E-state index contributed by atoms with van der Waals surface area (Å²) in [5.41, 5.74) is 0.629. The molecule has 122 valence electrons. The maximum atomic E-state index is 11.9. The van der Waals surface area contributed by atoms with Crippen LogP contribution >= 0.6 is 23.2 Å². The molecule has 2 rings (SSSR count). The molecule has 0 saturated carbocycles. The van der Waals surface area contributed by atoms with Gasteiger partial charge in [0.25, 0.3) is 0 Å². The van der Waals surface area contributed by atoms with Crippen molar-refractivity contribution in [2.24, 2.45) is 0 Å². The molecule has 1 aliphatic heterocycles. The first kappa shape index (κ1) is 17.5. The van der Waals surface area contributed by atoms with E-state index in [4.69, 9.17) is 23.2 Å². The predicted octanol–water partition coefficient (Wildman–Crippen LogP) is 1.12. The number of pyridine rings is 1.